The average molecular weight is 234 g/mol. The van der Waals surface area contributed by atoms with Gasteiger partial charge in [0.2, 0.25) is 0 Å². The van der Waals surface area contributed by atoms with Crippen LogP contribution in [0.25, 0.3) is 0 Å². The topological polar surface area (TPSA) is 29.5 Å². The lowest BCUT2D eigenvalue weighted by molar-refractivity contribution is -0.111. The maximum atomic E-state index is 10.8. The summed E-state index contributed by atoms with van der Waals surface area (Å²) < 4.78 is 5.42. The molecule has 0 spiro atoms. The standard InChI is InChI=1S/C15H22O2/c1-3-5-13-6-4-7-14(10-13)15(16)8-9-17-11-12(15)2/h4,6-7,10,12,16H,3,5,8-9,11H2,1-2H3. The van der Waals surface area contributed by atoms with E-state index in [9.17, 15) is 5.11 Å². The molecule has 1 aliphatic heterocycles. The molecule has 1 heterocycles. The first-order valence-electron chi connectivity index (χ1n) is 6.56. The normalized spacial score (nSPS) is 29.2. The summed E-state index contributed by atoms with van der Waals surface area (Å²) in [5, 5.41) is 10.8. The Morgan fingerprint density at radius 2 is 2.29 bits per heavy atom. The van der Waals surface area contributed by atoms with Crippen molar-refractivity contribution in [2.24, 2.45) is 5.92 Å². The highest BCUT2D eigenvalue weighted by Gasteiger charge is 2.38. The third-order valence-corrected chi connectivity index (χ3v) is 3.78. The van der Waals surface area contributed by atoms with E-state index in [1.165, 1.54) is 5.56 Å². The zero-order valence-corrected chi connectivity index (χ0v) is 10.8. The van der Waals surface area contributed by atoms with E-state index in [0.29, 0.717) is 19.6 Å². The van der Waals surface area contributed by atoms with E-state index in [0.717, 1.165) is 18.4 Å². The molecule has 0 aromatic heterocycles. The largest absolute Gasteiger partial charge is 0.385 e. The van der Waals surface area contributed by atoms with Crippen molar-refractivity contribution >= 4 is 0 Å². The van der Waals surface area contributed by atoms with Gasteiger partial charge in [-0.1, -0.05) is 44.5 Å². The number of aryl methyl sites for hydroxylation is 1. The van der Waals surface area contributed by atoms with Crippen molar-refractivity contribution in [3.05, 3.63) is 35.4 Å². The van der Waals surface area contributed by atoms with Gasteiger partial charge in [0.05, 0.1) is 12.2 Å². The van der Waals surface area contributed by atoms with E-state index in [4.69, 9.17) is 4.74 Å². The molecule has 2 unspecified atom stereocenters. The molecule has 2 heteroatoms. The summed E-state index contributed by atoms with van der Waals surface area (Å²) in [7, 11) is 0. The van der Waals surface area contributed by atoms with Gasteiger partial charge in [0.1, 0.15) is 0 Å². The van der Waals surface area contributed by atoms with Gasteiger partial charge in [-0.15, -0.1) is 0 Å². The first kappa shape index (κ1) is 12.6. The second kappa shape index (κ2) is 5.19. The minimum Gasteiger partial charge on any atom is -0.385 e. The quantitative estimate of drug-likeness (QED) is 0.871. The summed E-state index contributed by atoms with van der Waals surface area (Å²) in [4.78, 5) is 0. The van der Waals surface area contributed by atoms with Crippen molar-refractivity contribution in [3.63, 3.8) is 0 Å². The Morgan fingerprint density at radius 1 is 1.47 bits per heavy atom. The second-order valence-electron chi connectivity index (χ2n) is 5.10. The fraction of sp³-hybridized carbons (Fsp3) is 0.600. The average Bonchev–Trinajstić information content (AvgIpc) is 2.34. The van der Waals surface area contributed by atoms with Crippen LogP contribution in [0.3, 0.4) is 0 Å². The Labute approximate surface area is 104 Å². The van der Waals surface area contributed by atoms with Gasteiger partial charge in [0.15, 0.2) is 0 Å². The second-order valence-corrected chi connectivity index (χ2v) is 5.10. The van der Waals surface area contributed by atoms with Crippen LogP contribution < -0.4 is 0 Å². The molecule has 0 radical (unpaired) electrons. The first-order chi connectivity index (χ1) is 8.16. The fourth-order valence-corrected chi connectivity index (χ4v) is 2.59. The van der Waals surface area contributed by atoms with Crippen LogP contribution in [-0.2, 0) is 16.8 Å². The highest BCUT2D eigenvalue weighted by molar-refractivity contribution is 5.29. The molecule has 0 amide bonds. The van der Waals surface area contributed by atoms with Crippen LogP contribution >= 0.6 is 0 Å². The van der Waals surface area contributed by atoms with Crippen molar-refractivity contribution in [3.8, 4) is 0 Å². The first-order valence-corrected chi connectivity index (χ1v) is 6.56. The van der Waals surface area contributed by atoms with Crippen molar-refractivity contribution in [2.45, 2.75) is 38.7 Å². The van der Waals surface area contributed by atoms with Crippen LogP contribution in [0, 0.1) is 5.92 Å². The van der Waals surface area contributed by atoms with Gasteiger partial charge in [0, 0.05) is 18.9 Å². The molecule has 1 N–H and O–H groups in total. The maximum Gasteiger partial charge on any atom is 0.0965 e. The zero-order chi connectivity index (χ0) is 12.3. The van der Waals surface area contributed by atoms with E-state index < -0.39 is 5.60 Å². The Balaban J connectivity index is 2.28. The Kier molecular flexibility index (Phi) is 3.85. The molecule has 0 bridgehead atoms. The number of benzene rings is 1. The molecule has 1 aromatic rings. The van der Waals surface area contributed by atoms with E-state index >= 15 is 0 Å². The molecule has 94 valence electrons. The molecule has 17 heavy (non-hydrogen) atoms. The Morgan fingerprint density at radius 3 is 3.00 bits per heavy atom. The minimum absolute atomic E-state index is 0.160. The number of hydrogen-bond donors (Lipinski definition) is 1. The smallest absolute Gasteiger partial charge is 0.0965 e. The summed E-state index contributed by atoms with van der Waals surface area (Å²) in [6.45, 7) is 5.54. The lowest BCUT2D eigenvalue weighted by atomic mass is 9.78. The number of aliphatic hydroxyl groups is 1. The Hall–Kier alpha value is -0.860. The predicted octanol–water partition coefficient (Wildman–Crippen LogP) is 2.88. The van der Waals surface area contributed by atoms with E-state index in [1.807, 2.05) is 6.07 Å². The lowest BCUT2D eigenvalue weighted by Crippen LogP contribution is -2.41. The summed E-state index contributed by atoms with van der Waals surface area (Å²) in [5.74, 6) is 0.160. The van der Waals surface area contributed by atoms with Gasteiger partial charge >= 0.3 is 0 Å². The van der Waals surface area contributed by atoms with E-state index in [2.05, 4.69) is 32.0 Å². The predicted molar refractivity (Wildman–Crippen MR) is 68.9 cm³/mol. The number of ether oxygens (including phenoxy) is 1. The molecule has 2 rings (SSSR count). The molecule has 2 nitrogen and oxygen atoms in total. The van der Waals surface area contributed by atoms with Crippen LogP contribution in [0.2, 0.25) is 0 Å². The summed E-state index contributed by atoms with van der Waals surface area (Å²) in [5.41, 5.74) is 1.67. The minimum atomic E-state index is -0.706. The molecular formula is C15H22O2. The molecular weight excluding hydrogens is 212 g/mol. The molecule has 0 aliphatic carbocycles. The van der Waals surface area contributed by atoms with Crippen LogP contribution in [0.1, 0.15) is 37.8 Å². The highest BCUT2D eigenvalue weighted by Crippen LogP contribution is 2.36. The summed E-state index contributed by atoms with van der Waals surface area (Å²) >= 11 is 0. The molecule has 1 fully saturated rings. The van der Waals surface area contributed by atoms with E-state index in [-0.39, 0.29) is 5.92 Å². The lowest BCUT2D eigenvalue weighted by Gasteiger charge is -2.38. The zero-order valence-electron chi connectivity index (χ0n) is 10.8. The third-order valence-electron chi connectivity index (χ3n) is 3.78. The van der Waals surface area contributed by atoms with Gasteiger partial charge in [-0.25, -0.2) is 0 Å². The van der Waals surface area contributed by atoms with Gasteiger partial charge < -0.3 is 9.84 Å². The van der Waals surface area contributed by atoms with E-state index in [1.54, 1.807) is 0 Å². The summed E-state index contributed by atoms with van der Waals surface area (Å²) in [6.07, 6.45) is 2.92. The van der Waals surface area contributed by atoms with Gasteiger partial charge in [0.25, 0.3) is 0 Å². The van der Waals surface area contributed by atoms with Crippen molar-refractivity contribution in [1.82, 2.24) is 0 Å². The highest BCUT2D eigenvalue weighted by atomic mass is 16.5. The summed E-state index contributed by atoms with van der Waals surface area (Å²) in [6, 6.07) is 8.40. The van der Waals surface area contributed by atoms with Crippen LogP contribution in [0.4, 0.5) is 0 Å². The fourth-order valence-electron chi connectivity index (χ4n) is 2.59. The molecule has 1 aromatic carbocycles. The molecule has 0 saturated carbocycles. The maximum absolute atomic E-state index is 10.8. The van der Waals surface area contributed by atoms with Crippen LogP contribution in [0.15, 0.2) is 24.3 Å². The van der Waals surface area contributed by atoms with Crippen LogP contribution in [0.5, 0.6) is 0 Å². The Bertz CT molecular complexity index is 375. The van der Waals surface area contributed by atoms with Gasteiger partial charge in [-0.05, 0) is 17.5 Å². The number of hydrogen-bond acceptors (Lipinski definition) is 2. The third kappa shape index (κ3) is 2.53. The number of rotatable bonds is 3. The van der Waals surface area contributed by atoms with Gasteiger partial charge in [-0.2, -0.15) is 0 Å². The van der Waals surface area contributed by atoms with Crippen molar-refractivity contribution < 1.29 is 9.84 Å². The van der Waals surface area contributed by atoms with Crippen molar-refractivity contribution in [2.75, 3.05) is 13.2 Å². The molecule has 1 aliphatic rings. The molecule has 1 saturated heterocycles. The molecule has 2 atom stereocenters. The monoisotopic (exact) mass is 234 g/mol. The SMILES string of the molecule is CCCc1cccc(C2(O)CCOCC2C)c1. The van der Waals surface area contributed by atoms with Gasteiger partial charge in [-0.3, -0.25) is 0 Å². The van der Waals surface area contributed by atoms with Crippen molar-refractivity contribution in [1.29, 1.82) is 0 Å². The van der Waals surface area contributed by atoms with Crippen LogP contribution in [-0.4, -0.2) is 18.3 Å².